The SMILES string of the molecule is CCC1CCCC(OCC2CCC(CNCC(C)C)O2)C1. The maximum absolute atomic E-state index is 6.14. The minimum Gasteiger partial charge on any atom is -0.376 e. The highest BCUT2D eigenvalue weighted by molar-refractivity contribution is 4.77. The van der Waals surface area contributed by atoms with E-state index in [0.29, 0.717) is 24.2 Å². The van der Waals surface area contributed by atoms with E-state index >= 15 is 0 Å². The van der Waals surface area contributed by atoms with Crippen molar-refractivity contribution in [2.45, 2.75) is 84.0 Å². The smallest absolute Gasteiger partial charge is 0.0814 e. The Morgan fingerprint density at radius 1 is 1.14 bits per heavy atom. The van der Waals surface area contributed by atoms with Crippen LogP contribution in [0.3, 0.4) is 0 Å². The first kappa shape index (κ1) is 17.2. The molecule has 2 aliphatic rings. The summed E-state index contributed by atoms with van der Waals surface area (Å²) >= 11 is 0. The molecule has 1 aliphatic heterocycles. The fraction of sp³-hybridized carbons (Fsp3) is 1.00. The summed E-state index contributed by atoms with van der Waals surface area (Å²) in [5.41, 5.74) is 0. The van der Waals surface area contributed by atoms with Crippen LogP contribution in [0.15, 0.2) is 0 Å². The first-order valence-electron chi connectivity index (χ1n) is 9.15. The molecule has 1 saturated heterocycles. The second kappa shape index (κ2) is 9.12. The number of nitrogens with one attached hydrogen (secondary N) is 1. The standard InChI is InChI=1S/C18H35NO2/c1-4-15-6-5-7-16(10-15)20-13-18-9-8-17(21-18)12-19-11-14(2)3/h14-19H,4-13H2,1-3H3. The molecule has 3 nitrogen and oxygen atoms in total. The van der Waals surface area contributed by atoms with Crippen molar-refractivity contribution in [3.8, 4) is 0 Å². The number of hydrogen-bond donors (Lipinski definition) is 1. The third-order valence-corrected chi connectivity index (χ3v) is 4.95. The summed E-state index contributed by atoms with van der Waals surface area (Å²) in [7, 11) is 0. The van der Waals surface area contributed by atoms with Crippen LogP contribution in [-0.4, -0.2) is 38.0 Å². The van der Waals surface area contributed by atoms with Gasteiger partial charge in [-0.1, -0.05) is 40.0 Å². The summed E-state index contributed by atoms with van der Waals surface area (Å²) < 4.78 is 12.2. The minimum atomic E-state index is 0.331. The Morgan fingerprint density at radius 3 is 2.71 bits per heavy atom. The van der Waals surface area contributed by atoms with Gasteiger partial charge < -0.3 is 14.8 Å². The molecule has 2 rings (SSSR count). The van der Waals surface area contributed by atoms with Crippen molar-refractivity contribution < 1.29 is 9.47 Å². The maximum atomic E-state index is 6.14. The molecule has 1 heterocycles. The molecule has 0 radical (unpaired) electrons. The van der Waals surface area contributed by atoms with Crippen LogP contribution >= 0.6 is 0 Å². The van der Waals surface area contributed by atoms with Gasteiger partial charge in [-0.05, 0) is 44.1 Å². The fourth-order valence-corrected chi connectivity index (χ4v) is 3.59. The fourth-order valence-electron chi connectivity index (χ4n) is 3.59. The molecule has 0 aromatic heterocycles. The highest BCUT2D eigenvalue weighted by Crippen LogP contribution is 2.29. The molecule has 0 amide bonds. The van der Waals surface area contributed by atoms with Crippen LogP contribution in [0.1, 0.15) is 65.7 Å². The van der Waals surface area contributed by atoms with Gasteiger partial charge in [0.25, 0.3) is 0 Å². The van der Waals surface area contributed by atoms with E-state index in [4.69, 9.17) is 9.47 Å². The van der Waals surface area contributed by atoms with Crippen LogP contribution in [0.5, 0.6) is 0 Å². The van der Waals surface area contributed by atoms with Gasteiger partial charge in [0.2, 0.25) is 0 Å². The largest absolute Gasteiger partial charge is 0.376 e. The van der Waals surface area contributed by atoms with Gasteiger partial charge >= 0.3 is 0 Å². The topological polar surface area (TPSA) is 30.5 Å². The van der Waals surface area contributed by atoms with Crippen LogP contribution in [0, 0.1) is 11.8 Å². The van der Waals surface area contributed by atoms with E-state index in [9.17, 15) is 0 Å². The van der Waals surface area contributed by atoms with Gasteiger partial charge in [-0.15, -0.1) is 0 Å². The average molecular weight is 297 g/mol. The van der Waals surface area contributed by atoms with Gasteiger partial charge in [-0.25, -0.2) is 0 Å². The number of hydrogen-bond acceptors (Lipinski definition) is 3. The lowest BCUT2D eigenvalue weighted by molar-refractivity contribution is -0.0559. The minimum absolute atomic E-state index is 0.331. The second-order valence-corrected chi connectivity index (χ2v) is 7.41. The Labute approximate surface area is 131 Å². The Hall–Kier alpha value is -0.120. The van der Waals surface area contributed by atoms with Crippen LogP contribution in [0.4, 0.5) is 0 Å². The van der Waals surface area contributed by atoms with Gasteiger partial charge in [-0.3, -0.25) is 0 Å². The van der Waals surface area contributed by atoms with Gasteiger partial charge in [0, 0.05) is 6.54 Å². The molecule has 4 unspecified atom stereocenters. The van der Waals surface area contributed by atoms with Crippen molar-refractivity contribution in [2.75, 3.05) is 19.7 Å². The van der Waals surface area contributed by atoms with Crippen molar-refractivity contribution in [1.82, 2.24) is 5.32 Å². The Balaban J connectivity index is 1.57. The summed E-state index contributed by atoms with van der Waals surface area (Å²) in [6.07, 6.45) is 10.1. The van der Waals surface area contributed by atoms with Crippen LogP contribution < -0.4 is 5.32 Å². The summed E-state index contributed by atoms with van der Waals surface area (Å²) in [6.45, 7) is 9.68. The van der Waals surface area contributed by atoms with Crippen molar-refractivity contribution >= 4 is 0 Å². The Bertz CT molecular complexity index is 282. The quantitative estimate of drug-likeness (QED) is 0.740. The van der Waals surface area contributed by atoms with Crippen LogP contribution in [0.2, 0.25) is 0 Å². The third kappa shape index (κ3) is 6.25. The van der Waals surface area contributed by atoms with E-state index in [2.05, 4.69) is 26.1 Å². The molecule has 2 fully saturated rings. The van der Waals surface area contributed by atoms with Gasteiger partial charge in [0.15, 0.2) is 0 Å². The van der Waals surface area contributed by atoms with E-state index in [0.717, 1.165) is 32.0 Å². The summed E-state index contributed by atoms with van der Waals surface area (Å²) in [5.74, 6) is 1.60. The molecule has 21 heavy (non-hydrogen) atoms. The predicted molar refractivity (Wildman–Crippen MR) is 87.6 cm³/mol. The number of ether oxygens (including phenoxy) is 2. The molecule has 124 valence electrons. The van der Waals surface area contributed by atoms with E-state index in [1.165, 1.54) is 38.5 Å². The third-order valence-electron chi connectivity index (χ3n) is 4.95. The van der Waals surface area contributed by atoms with Crippen LogP contribution in [0.25, 0.3) is 0 Å². The lowest BCUT2D eigenvalue weighted by Crippen LogP contribution is -2.31. The molecule has 1 N–H and O–H groups in total. The van der Waals surface area contributed by atoms with E-state index in [-0.39, 0.29) is 0 Å². The average Bonchev–Trinajstić information content (AvgIpc) is 2.93. The molecule has 1 aliphatic carbocycles. The van der Waals surface area contributed by atoms with Crippen molar-refractivity contribution in [3.63, 3.8) is 0 Å². The monoisotopic (exact) mass is 297 g/mol. The van der Waals surface area contributed by atoms with Crippen molar-refractivity contribution in [1.29, 1.82) is 0 Å². The van der Waals surface area contributed by atoms with Crippen LogP contribution in [-0.2, 0) is 9.47 Å². The zero-order valence-electron chi connectivity index (χ0n) is 14.3. The lowest BCUT2D eigenvalue weighted by atomic mass is 9.85. The van der Waals surface area contributed by atoms with E-state index < -0.39 is 0 Å². The molecule has 3 heteroatoms. The molecule has 0 spiro atoms. The molecular formula is C18H35NO2. The molecule has 1 saturated carbocycles. The first-order valence-corrected chi connectivity index (χ1v) is 9.15. The zero-order valence-corrected chi connectivity index (χ0v) is 14.3. The normalized spacial score (nSPS) is 33.7. The number of rotatable bonds is 8. The molecule has 0 aromatic rings. The summed E-state index contributed by atoms with van der Waals surface area (Å²) in [4.78, 5) is 0. The van der Waals surface area contributed by atoms with Gasteiger partial charge in [0.1, 0.15) is 0 Å². The lowest BCUT2D eigenvalue weighted by Gasteiger charge is -2.29. The highest BCUT2D eigenvalue weighted by atomic mass is 16.5. The molecule has 0 aromatic carbocycles. The van der Waals surface area contributed by atoms with E-state index in [1.807, 2.05) is 0 Å². The zero-order chi connectivity index (χ0) is 15.1. The summed E-state index contributed by atoms with van der Waals surface area (Å²) in [6, 6.07) is 0. The molecule has 0 bridgehead atoms. The molecular weight excluding hydrogens is 262 g/mol. The first-order chi connectivity index (χ1) is 10.2. The Morgan fingerprint density at radius 2 is 1.95 bits per heavy atom. The van der Waals surface area contributed by atoms with Gasteiger partial charge in [0.05, 0.1) is 24.9 Å². The maximum Gasteiger partial charge on any atom is 0.0814 e. The van der Waals surface area contributed by atoms with E-state index in [1.54, 1.807) is 0 Å². The highest BCUT2D eigenvalue weighted by Gasteiger charge is 2.27. The molecule has 4 atom stereocenters. The summed E-state index contributed by atoms with van der Waals surface area (Å²) in [5, 5.41) is 3.50. The van der Waals surface area contributed by atoms with Gasteiger partial charge in [-0.2, -0.15) is 0 Å². The second-order valence-electron chi connectivity index (χ2n) is 7.41. The Kier molecular flexibility index (Phi) is 7.48. The van der Waals surface area contributed by atoms with Crippen molar-refractivity contribution in [2.24, 2.45) is 11.8 Å². The predicted octanol–water partition coefficient (Wildman–Crippen LogP) is 3.77. The van der Waals surface area contributed by atoms with Crippen molar-refractivity contribution in [3.05, 3.63) is 0 Å².